The van der Waals surface area contributed by atoms with E-state index >= 15 is 0 Å². The van der Waals surface area contributed by atoms with E-state index in [2.05, 4.69) is 11.4 Å². The molecule has 0 aromatic heterocycles. The van der Waals surface area contributed by atoms with Crippen LogP contribution in [0.2, 0.25) is 5.02 Å². The van der Waals surface area contributed by atoms with E-state index in [1.807, 2.05) is 18.2 Å². The molecule has 1 N–H and O–H groups in total. The normalized spacial score (nSPS) is 17.1. The number of benzene rings is 2. The summed E-state index contributed by atoms with van der Waals surface area (Å²) in [6, 6.07) is 11.5. The van der Waals surface area contributed by atoms with Crippen LogP contribution in [0.4, 0.5) is 4.39 Å². The molecule has 2 aromatic rings. The van der Waals surface area contributed by atoms with Gasteiger partial charge in [-0.3, -0.25) is 4.79 Å². The van der Waals surface area contributed by atoms with Crippen molar-refractivity contribution in [2.24, 2.45) is 0 Å². The summed E-state index contributed by atoms with van der Waals surface area (Å²) in [5.41, 5.74) is 2.02. The number of halogens is 2. The summed E-state index contributed by atoms with van der Waals surface area (Å²) in [7, 11) is 0. The van der Waals surface area contributed by atoms with Gasteiger partial charge in [0.15, 0.2) is 6.10 Å². The van der Waals surface area contributed by atoms with Crippen molar-refractivity contribution in [3.8, 4) is 0 Å². The van der Waals surface area contributed by atoms with Gasteiger partial charge in [-0.2, -0.15) is 0 Å². The highest BCUT2D eigenvalue weighted by atomic mass is 35.5. The van der Waals surface area contributed by atoms with E-state index in [1.54, 1.807) is 0 Å². The van der Waals surface area contributed by atoms with Crippen LogP contribution < -0.4 is 5.32 Å². The molecule has 136 valence electrons. The number of ether oxygens (including phenoxy) is 1. The lowest BCUT2D eigenvalue weighted by molar-refractivity contribution is -0.130. The van der Waals surface area contributed by atoms with Crippen molar-refractivity contribution < 1.29 is 18.7 Å². The van der Waals surface area contributed by atoms with Crippen LogP contribution in [0.15, 0.2) is 42.5 Å². The van der Waals surface area contributed by atoms with E-state index in [0.29, 0.717) is 0 Å². The Morgan fingerprint density at radius 2 is 2.04 bits per heavy atom. The molecule has 0 aliphatic heterocycles. The molecule has 0 heterocycles. The molecule has 0 saturated heterocycles. The molecule has 1 amide bonds. The highest BCUT2D eigenvalue weighted by molar-refractivity contribution is 6.30. The average Bonchev–Trinajstić information content (AvgIpc) is 2.63. The van der Waals surface area contributed by atoms with Crippen molar-refractivity contribution in [1.29, 1.82) is 0 Å². The predicted octanol–water partition coefficient (Wildman–Crippen LogP) is 4.22. The number of hydrogen-bond donors (Lipinski definition) is 1. The number of hydrogen-bond acceptors (Lipinski definition) is 3. The van der Waals surface area contributed by atoms with E-state index < -0.39 is 23.8 Å². The Balaban J connectivity index is 1.65. The van der Waals surface area contributed by atoms with Crippen LogP contribution in [0.25, 0.3) is 0 Å². The molecule has 6 heteroatoms. The number of fused-ring (bicyclic) bond motifs is 1. The van der Waals surface area contributed by atoms with Crippen molar-refractivity contribution in [2.75, 3.05) is 0 Å². The summed E-state index contributed by atoms with van der Waals surface area (Å²) in [6.45, 7) is 1.46. The Kier molecular flexibility index (Phi) is 5.57. The first-order chi connectivity index (χ1) is 12.5. The molecule has 0 spiro atoms. The Morgan fingerprint density at radius 3 is 2.85 bits per heavy atom. The number of carbonyl (C=O) groups is 2. The minimum Gasteiger partial charge on any atom is -0.449 e. The summed E-state index contributed by atoms with van der Waals surface area (Å²) >= 11 is 5.78. The summed E-state index contributed by atoms with van der Waals surface area (Å²) in [4.78, 5) is 24.6. The summed E-state index contributed by atoms with van der Waals surface area (Å²) in [5, 5.41) is 3.14. The molecule has 0 unspecified atom stereocenters. The summed E-state index contributed by atoms with van der Waals surface area (Å²) in [5.74, 6) is -2.08. The molecule has 0 fully saturated rings. The van der Waals surface area contributed by atoms with Crippen LogP contribution in [-0.4, -0.2) is 18.0 Å². The predicted molar refractivity (Wildman–Crippen MR) is 96.6 cm³/mol. The molecule has 2 atom stereocenters. The topological polar surface area (TPSA) is 55.4 Å². The second-order valence-electron chi connectivity index (χ2n) is 6.32. The van der Waals surface area contributed by atoms with Crippen molar-refractivity contribution in [2.45, 2.75) is 38.3 Å². The molecular formula is C20H19ClFNO3. The summed E-state index contributed by atoms with van der Waals surface area (Å²) < 4.78 is 18.9. The van der Waals surface area contributed by atoms with Crippen LogP contribution in [0.3, 0.4) is 0 Å². The van der Waals surface area contributed by atoms with E-state index in [4.69, 9.17) is 16.3 Å². The molecule has 2 aromatic carbocycles. The van der Waals surface area contributed by atoms with Gasteiger partial charge in [0.05, 0.1) is 11.6 Å². The van der Waals surface area contributed by atoms with Crippen LogP contribution >= 0.6 is 11.6 Å². The van der Waals surface area contributed by atoms with Crippen molar-refractivity contribution in [3.05, 3.63) is 70.0 Å². The zero-order chi connectivity index (χ0) is 18.7. The lowest BCUT2D eigenvalue weighted by Gasteiger charge is -2.27. The van der Waals surface area contributed by atoms with Gasteiger partial charge in [-0.05, 0) is 55.5 Å². The third kappa shape index (κ3) is 4.05. The molecule has 0 radical (unpaired) electrons. The second kappa shape index (κ2) is 7.87. The van der Waals surface area contributed by atoms with Gasteiger partial charge < -0.3 is 10.1 Å². The zero-order valence-corrected chi connectivity index (χ0v) is 15.1. The maximum absolute atomic E-state index is 13.7. The number of nitrogens with one attached hydrogen (secondary N) is 1. The minimum atomic E-state index is -1.05. The third-order valence-corrected chi connectivity index (χ3v) is 4.72. The molecule has 26 heavy (non-hydrogen) atoms. The van der Waals surface area contributed by atoms with Crippen LogP contribution in [0, 0.1) is 5.82 Å². The van der Waals surface area contributed by atoms with Gasteiger partial charge in [0.2, 0.25) is 0 Å². The monoisotopic (exact) mass is 375 g/mol. The Hall–Kier alpha value is -2.40. The molecule has 1 aliphatic rings. The molecule has 0 bridgehead atoms. The van der Waals surface area contributed by atoms with E-state index in [0.717, 1.165) is 30.9 Å². The fourth-order valence-corrected chi connectivity index (χ4v) is 3.30. The van der Waals surface area contributed by atoms with Crippen molar-refractivity contribution in [3.63, 3.8) is 0 Å². The van der Waals surface area contributed by atoms with Gasteiger partial charge in [0.25, 0.3) is 5.91 Å². The summed E-state index contributed by atoms with van der Waals surface area (Å²) in [6.07, 6.45) is 1.74. The van der Waals surface area contributed by atoms with Crippen LogP contribution in [0.5, 0.6) is 0 Å². The first-order valence-electron chi connectivity index (χ1n) is 8.50. The van der Waals surface area contributed by atoms with Crippen molar-refractivity contribution in [1.82, 2.24) is 5.32 Å². The maximum Gasteiger partial charge on any atom is 0.341 e. The zero-order valence-electron chi connectivity index (χ0n) is 14.3. The van der Waals surface area contributed by atoms with Gasteiger partial charge >= 0.3 is 5.97 Å². The SMILES string of the molecule is C[C@@H](OC(=O)c1cc(Cl)ccc1F)C(=O)N[C@@H]1CCCc2ccccc21. The molecule has 4 nitrogen and oxygen atoms in total. The largest absolute Gasteiger partial charge is 0.449 e. The quantitative estimate of drug-likeness (QED) is 0.814. The molecule has 1 aliphatic carbocycles. The highest BCUT2D eigenvalue weighted by Gasteiger charge is 2.26. The van der Waals surface area contributed by atoms with E-state index in [9.17, 15) is 14.0 Å². The van der Waals surface area contributed by atoms with Crippen molar-refractivity contribution >= 4 is 23.5 Å². The number of aryl methyl sites for hydroxylation is 1. The Morgan fingerprint density at radius 1 is 1.27 bits per heavy atom. The fourth-order valence-electron chi connectivity index (χ4n) is 3.12. The van der Waals surface area contributed by atoms with Gasteiger partial charge in [-0.25, -0.2) is 9.18 Å². The number of carbonyl (C=O) groups excluding carboxylic acids is 2. The average molecular weight is 376 g/mol. The Bertz CT molecular complexity index is 840. The first kappa shape index (κ1) is 18.4. The maximum atomic E-state index is 13.7. The third-order valence-electron chi connectivity index (χ3n) is 4.49. The minimum absolute atomic E-state index is 0.114. The first-order valence-corrected chi connectivity index (χ1v) is 8.87. The van der Waals surface area contributed by atoms with Gasteiger partial charge in [0, 0.05) is 5.02 Å². The number of amides is 1. The van der Waals surface area contributed by atoms with Gasteiger partial charge in [0.1, 0.15) is 5.82 Å². The van der Waals surface area contributed by atoms with E-state index in [-0.39, 0.29) is 16.6 Å². The lowest BCUT2D eigenvalue weighted by Crippen LogP contribution is -2.39. The van der Waals surface area contributed by atoms with Crippen LogP contribution in [-0.2, 0) is 16.0 Å². The molecular weight excluding hydrogens is 357 g/mol. The fraction of sp³-hybridized carbons (Fsp3) is 0.300. The lowest BCUT2D eigenvalue weighted by atomic mass is 9.87. The highest BCUT2D eigenvalue weighted by Crippen LogP contribution is 2.29. The smallest absolute Gasteiger partial charge is 0.341 e. The number of esters is 1. The Labute approximate surface area is 156 Å². The van der Waals surface area contributed by atoms with Gasteiger partial charge in [-0.1, -0.05) is 35.9 Å². The molecule has 0 saturated carbocycles. The van der Waals surface area contributed by atoms with E-state index in [1.165, 1.54) is 24.6 Å². The second-order valence-corrected chi connectivity index (χ2v) is 6.76. The van der Waals surface area contributed by atoms with Crippen LogP contribution in [0.1, 0.15) is 47.3 Å². The standard InChI is InChI=1S/C20H19ClFNO3/c1-12(26-20(25)16-11-14(21)9-10-17(16)22)19(24)23-18-8-4-6-13-5-2-3-7-15(13)18/h2-3,5,7,9-12,18H,4,6,8H2,1H3,(H,23,24)/t12-,18-/m1/s1. The number of rotatable bonds is 4. The van der Waals surface area contributed by atoms with Gasteiger partial charge in [-0.15, -0.1) is 0 Å². The molecule has 3 rings (SSSR count).